The van der Waals surface area contributed by atoms with Gasteiger partial charge in [0.15, 0.2) is 0 Å². The van der Waals surface area contributed by atoms with Crippen molar-refractivity contribution in [1.29, 1.82) is 0 Å². The maximum atomic E-state index is 12.4. The maximum absolute atomic E-state index is 12.4. The van der Waals surface area contributed by atoms with Crippen molar-refractivity contribution in [2.24, 2.45) is 7.05 Å². The first-order chi connectivity index (χ1) is 13.5. The van der Waals surface area contributed by atoms with E-state index in [2.05, 4.69) is 21.5 Å². The molecule has 4 aromatic rings. The van der Waals surface area contributed by atoms with Gasteiger partial charge in [0.05, 0.1) is 27.3 Å². The number of nitrogens with one attached hydrogen (secondary N) is 1. The fourth-order valence-corrected chi connectivity index (χ4v) is 4.32. The number of carbonyl (C=O) groups excluding carboxylic acids is 1. The number of rotatable bonds is 5. The highest BCUT2D eigenvalue weighted by atomic mass is 32.1. The van der Waals surface area contributed by atoms with Crippen LogP contribution in [0, 0.1) is 13.8 Å². The summed E-state index contributed by atoms with van der Waals surface area (Å²) in [7, 11) is 1.90. The number of nitrogens with zero attached hydrogens (tertiary/aromatic N) is 3. The molecule has 2 aromatic heterocycles. The zero-order chi connectivity index (χ0) is 19.7. The van der Waals surface area contributed by atoms with Crippen molar-refractivity contribution in [3.63, 3.8) is 0 Å². The number of thiazole rings is 1. The number of para-hydroxylation sites is 1. The summed E-state index contributed by atoms with van der Waals surface area (Å²) in [6.07, 6.45) is 1.13. The van der Waals surface area contributed by atoms with E-state index in [1.807, 2.05) is 68.0 Å². The van der Waals surface area contributed by atoms with Gasteiger partial charge in [0, 0.05) is 30.4 Å². The van der Waals surface area contributed by atoms with E-state index in [1.54, 1.807) is 11.3 Å². The molecule has 0 saturated heterocycles. The predicted octanol–water partition coefficient (Wildman–Crippen LogP) is 4.42. The molecular weight excluding hydrogens is 368 g/mol. The first-order valence-corrected chi connectivity index (χ1v) is 10.0. The SMILES string of the molecule is Cc1nn(C)c(C)c1CC(=O)Nc1ccc(Cc2nc3ccccc3s2)cc1. The number of benzene rings is 2. The van der Waals surface area contributed by atoms with Gasteiger partial charge in [-0.05, 0) is 43.7 Å². The third-order valence-electron chi connectivity index (χ3n) is 4.93. The van der Waals surface area contributed by atoms with Crippen molar-refractivity contribution in [2.75, 3.05) is 5.32 Å². The third kappa shape index (κ3) is 3.82. The molecule has 2 heterocycles. The lowest BCUT2D eigenvalue weighted by Gasteiger charge is -2.07. The van der Waals surface area contributed by atoms with Crippen molar-refractivity contribution in [3.05, 3.63) is 76.1 Å². The number of amides is 1. The van der Waals surface area contributed by atoms with Crippen molar-refractivity contribution in [1.82, 2.24) is 14.8 Å². The topological polar surface area (TPSA) is 59.8 Å². The van der Waals surface area contributed by atoms with E-state index < -0.39 is 0 Å². The second-order valence-corrected chi connectivity index (χ2v) is 8.06. The molecule has 0 bridgehead atoms. The Bertz CT molecular complexity index is 1110. The molecule has 142 valence electrons. The largest absolute Gasteiger partial charge is 0.326 e. The van der Waals surface area contributed by atoms with E-state index in [9.17, 15) is 4.79 Å². The molecule has 0 fully saturated rings. The minimum Gasteiger partial charge on any atom is -0.326 e. The second-order valence-electron chi connectivity index (χ2n) is 6.95. The van der Waals surface area contributed by atoms with Crippen LogP contribution in [0.25, 0.3) is 10.2 Å². The van der Waals surface area contributed by atoms with Crippen LogP contribution in [0.4, 0.5) is 5.69 Å². The van der Waals surface area contributed by atoms with Gasteiger partial charge in [-0.1, -0.05) is 24.3 Å². The van der Waals surface area contributed by atoms with Crippen LogP contribution in [-0.4, -0.2) is 20.7 Å². The Balaban J connectivity index is 1.40. The zero-order valence-corrected chi connectivity index (χ0v) is 17.0. The molecule has 1 amide bonds. The van der Waals surface area contributed by atoms with Gasteiger partial charge >= 0.3 is 0 Å². The molecule has 5 nitrogen and oxygen atoms in total. The normalized spacial score (nSPS) is 11.1. The molecule has 4 rings (SSSR count). The Hall–Kier alpha value is -2.99. The second kappa shape index (κ2) is 7.56. The van der Waals surface area contributed by atoms with Gasteiger partial charge in [0.2, 0.25) is 5.91 Å². The Morgan fingerprint density at radius 1 is 1.11 bits per heavy atom. The summed E-state index contributed by atoms with van der Waals surface area (Å²) in [5, 5.41) is 8.44. The monoisotopic (exact) mass is 390 g/mol. The average molecular weight is 391 g/mol. The van der Waals surface area contributed by atoms with Gasteiger partial charge in [-0.2, -0.15) is 5.10 Å². The standard InChI is InChI=1S/C22H22N4OS/c1-14-18(15(2)26(3)25-14)13-21(27)23-17-10-8-16(9-11-17)12-22-24-19-6-4-5-7-20(19)28-22/h4-11H,12-13H2,1-3H3,(H,23,27). The maximum Gasteiger partial charge on any atom is 0.228 e. The average Bonchev–Trinajstić information content (AvgIpc) is 3.18. The molecule has 1 N–H and O–H groups in total. The van der Waals surface area contributed by atoms with Crippen LogP contribution in [0.1, 0.15) is 27.5 Å². The van der Waals surface area contributed by atoms with Crippen LogP contribution in [0.2, 0.25) is 0 Å². The van der Waals surface area contributed by atoms with Gasteiger partial charge < -0.3 is 5.32 Å². The molecule has 0 aliphatic rings. The third-order valence-corrected chi connectivity index (χ3v) is 5.96. The van der Waals surface area contributed by atoms with Crippen molar-refractivity contribution in [2.45, 2.75) is 26.7 Å². The Morgan fingerprint density at radius 3 is 2.54 bits per heavy atom. The van der Waals surface area contributed by atoms with Crippen molar-refractivity contribution in [3.8, 4) is 0 Å². The highest BCUT2D eigenvalue weighted by molar-refractivity contribution is 7.18. The summed E-state index contributed by atoms with van der Waals surface area (Å²) in [4.78, 5) is 17.1. The van der Waals surface area contributed by atoms with Gasteiger partial charge in [0.1, 0.15) is 0 Å². The molecular formula is C22H22N4OS. The summed E-state index contributed by atoms with van der Waals surface area (Å²) in [6, 6.07) is 16.2. The van der Waals surface area contributed by atoms with Gasteiger partial charge in [-0.25, -0.2) is 4.98 Å². The highest BCUT2D eigenvalue weighted by Crippen LogP contribution is 2.24. The lowest BCUT2D eigenvalue weighted by Crippen LogP contribution is -2.15. The Morgan fingerprint density at radius 2 is 1.86 bits per heavy atom. The number of aryl methyl sites for hydroxylation is 2. The van der Waals surface area contributed by atoms with Crippen LogP contribution < -0.4 is 5.32 Å². The first-order valence-electron chi connectivity index (χ1n) is 9.22. The van der Waals surface area contributed by atoms with E-state index in [4.69, 9.17) is 0 Å². The Labute approximate surface area is 168 Å². The fraction of sp³-hybridized carbons (Fsp3) is 0.227. The van der Waals surface area contributed by atoms with Gasteiger partial charge in [0.25, 0.3) is 0 Å². The molecule has 0 radical (unpaired) electrons. The zero-order valence-electron chi connectivity index (χ0n) is 16.2. The van der Waals surface area contributed by atoms with Gasteiger partial charge in [-0.3, -0.25) is 9.48 Å². The summed E-state index contributed by atoms with van der Waals surface area (Å²) in [5.74, 6) is -0.0295. The van der Waals surface area contributed by atoms with Crippen LogP contribution in [-0.2, 0) is 24.7 Å². The molecule has 6 heteroatoms. The lowest BCUT2D eigenvalue weighted by molar-refractivity contribution is -0.115. The van der Waals surface area contributed by atoms with Crippen LogP contribution in [0.3, 0.4) is 0 Å². The Kier molecular flexibility index (Phi) is 4.96. The molecule has 28 heavy (non-hydrogen) atoms. The number of aromatic nitrogens is 3. The lowest BCUT2D eigenvalue weighted by atomic mass is 10.1. The van der Waals surface area contributed by atoms with Crippen molar-refractivity contribution < 1.29 is 4.79 Å². The van der Waals surface area contributed by atoms with Crippen LogP contribution in [0.5, 0.6) is 0 Å². The summed E-state index contributed by atoms with van der Waals surface area (Å²) in [6.45, 7) is 3.92. The molecule has 0 atom stereocenters. The number of carbonyl (C=O) groups is 1. The fourth-order valence-electron chi connectivity index (χ4n) is 3.32. The first kappa shape index (κ1) is 18.4. The number of hydrogen-bond donors (Lipinski definition) is 1. The van der Waals surface area contributed by atoms with E-state index in [-0.39, 0.29) is 5.91 Å². The quantitative estimate of drug-likeness (QED) is 0.549. The van der Waals surface area contributed by atoms with Crippen LogP contribution >= 0.6 is 11.3 Å². The molecule has 0 unspecified atom stereocenters. The number of anilines is 1. The summed E-state index contributed by atoms with van der Waals surface area (Å²) < 4.78 is 3.02. The highest BCUT2D eigenvalue weighted by Gasteiger charge is 2.13. The molecule has 2 aromatic carbocycles. The molecule has 0 aliphatic heterocycles. The number of fused-ring (bicyclic) bond motifs is 1. The van der Waals surface area contributed by atoms with E-state index in [0.29, 0.717) is 6.42 Å². The molecule has 0 spiro atoms. The molecule has 0 saturated carbocycles. The summed E-state index contributed by atoms with van der Waals surface area (Å²) in [5.41, 5.74) is 5.95. The minimum atomic E-state index is -0.0295. The molecule has 0 aliphatic carbocycles. The predicted molar refractivity (Wildman–Crippen MR) is 114 cm³/mol. The van der Waals surface area contributed by atoms with Crippen LogP contribution in [0.15, 0.2) is 48.5 Å². The number of hydrogen-bond acceptors (Lipinski definition) is 4. The smallest absolute Gasteiger partial charge is 0.228 e. The van der Waals surface area contributed by atoms with E-state index >= 15 is 0 Å². The van der Waals surface area contributed by atoms with Gasteiger partial charge in [-0.15, -0.1) is 11.3 Å². The van der Waals surface area contributed by atoms with E-state index in [1.165, 1.54) is 10.3 Å². The summed E-state index contributed by atoms with van der Waals surface area (Å²) >= 11 is 1.72. The van der Waals surface area contributed by atoms with E-state index in [0.717, 1.165) is 39.6 Å². The minimum absolute atomic E-state index is 0.0295. The van der Waals surface area contributed by atoms with Crippen molar-refractivity contribution >= 4 is 33.1 Å².